The molecule has 4 rings (SSSR count). The lowest BCUT2D eigenvalue weighted by Crippen LogP contribution is -2.11. The van der Waals surface area contributed by atoms with Crippen molar-refractivity contribution >= 4 is 23.3 Å². The molecule has 0 saturated heterocycles. The number of H-pyrrole nitrogens is 1. The molecule has 0 bridgehead atoms. The molecule has 0 unspecified atom stereocenters. The highest BCUT2D eigenvalue weighted by atomic mass is 35.5. The topological polar surface area (TPSA) is 53.9 Å². The van der Waals surface area contributed by atoms with E-state index in [2.05, 4.69) is 46.8 Å². The minimum absolute atomic E-state index is 0. The number of nitrogens with one attached hydrogen (secondary N) is 2. The van der Waals surface area contributed by atoms with Crippen molar-refractivity contribution < 1.29 is 4.52 Å². The van der Waals surface area contributed by atoms with Crippen LogP contribution in [0.3, 0.4) is 0 Å². The van der Waals surface area contributed by atoms with Crippen LogP contribution in [0.15, 0.2) is 65.3 Å². The Hall–Kier alpha value is -2.56. The molecular weight excluding hydrogens is 334 g/mol. The predicted molar refractivity (Wildman–Crippen MR) is 103 cm³/mol. The van der Waals surface area contributed by atoms with Crippen molar-refractivity contribution in [3.8, 4) is 11.3 Å². The van der Waals surface area contributed by atoms with E-state index in [0.717, 1.165) is 23.6 Å². The second kappa shape index (κ2) is 7.55. The fourth-order valence-electron chi connectivity index (χ4n) is 2.90. The molecule has 0 amide bonds. The molecule has 5 heteroatoms. The van der Waals surface area contributed by atoms with Gasteiger partial charge in [-0.1, -0.05) is 47.1 Å². The molecule has 2 aromatic carbocycles. The summed E-state index contributed by atoms with van der Waals surface area (Å²) >= 11 is 0. The fourth-order valence-corrected chi connectivity index (χ4v) is 2.90. The normalized spacial score (nSPS) is 10.8. The van der Waals surface area contributed by atoms with E-state index in [1.807, 2.05) is 36.4 Å². The van der Waals surface area contributed by atoms with Crippen LogP contribution in [0.2, 0.25) is 0 Å². The maximum absolute atomic E-state index is 5.42. The summed E-state index contributed by atoms with van der Waals surface area (Å²) in [6.07, 6.45) is 2.06. The van der Waals surface area contributed by atoms with Gasteiger partial charge in [-0.05, 0) is 24.6 Å². The van der Waals surface area contributed by atoms with Crippen molar-refractivity contribution in [3.63, 3.8) is 0 Å². The SMILES string of the molecule is Cc1ccc2[nH]cc(CNCc3cc(-c4ccccc4)no3)c2c1.Cl. The molecule has 0 atom stereocenters. The van der Waals surface area contributed by atoms with Gasteiger partial charge in [0.05, 0.1) is 6.54 Å². The van der Waals surface area contributed by atoms with Crippen LogP contribution in [0.5, 0.6) is 0 Å². The first-order chi connectivity index (χ1) is 11.8. The molecule has 2 heterocycles. The van der Waals surface area contributed by atoms with Gasteiger partial charge in [-0.3, -0.25) is 0 Å². The molecular formula is C20H20ClN3O. The Morgan fingerprint density at radius 2 is 1.88 bits per heavy atom. The van der Waals surface area contributed by atoms with Gasteiger partial charge in [0.2, 0.25) is 0 Å². The molecule has 4 aromatic rings. The molecule has 0 aliphatic heterocycles. The highest BCUT2D eigenvalue weighted by Gasteiger charge is 2.07. The third-order valence-corrected chi connectivity index (χ3v) is 4.17. The predicted octanol–water partition coefficient (Wildman–Crippen LogP) is 4.84. The average molecular weight is 354 g/mol. The summed E-state index contributed by atoms with van der Waals surface area (Å²) in [4.78, 5) is 3.31. The summed E-state index contributed by atoms with van der Waals surface area (Å²) in [7, 11) is 0. The summed E-state index contributed by atoms with van der Waals surface area (Å²) in [5.74, 6) is 0.838. The number of halogens is 1. The summed E-state index contributed by atoms with van der Waals surface area (Å²) in [5, 5.41) is 8.84. The summed E-state index contributed by atoms with van der Waals surface area (Å²) in [5.41, 5.74) is 5.64. The van der Waals surface area contributed by atoms with Gasteiger partial charge in [0, 0.05) is 35.3 Å². The lowest BCUT2D eigenvalue weighted by Gasteiger charge is -2.01. The molecule has 0 spiro atoms. The van der Waals surface area contributed by atoms with E-state index in [1.165, 1.54) is 22.0 Å². The van der Waals surface area contributed by atoms with E-state index in [1.54, 1.807) is 0 Å². The van der Waals surface area contributed by atoms with E-state index in [0.29, 0.717) is 6.54 Å². The highest BCUT2D eigenvalue weighted by Crippen LogP contribution is 2.20. The smallest absolute Gasteiger partial charge is 0.151 e. The van der Waals surface area contributed by atoms with Gasteiger partial charge in [0.1, 0.15) is 5.69 Å². The van der Waals surface area contributed by atoms with Gasteiger partial charge in [-0.2, -0.15) is 0 Å². The molecule has 25 heavy (non-hydrogen) atoms. The molecule has 0 aliphatic carbocycles. The van der Waals surface area contributed by atoms with Crippen molar-refractivity contribution in [2.75, 3.05) is 0 Å². The Bertz CT molecular complexity index is 959. The van der Waals surface area contributed by atoms with Crippen molar-refractivity contribution in [3.05, 3.63) is 77.7 Å². The van der Waals surface area contributed by atoms with Crippen molar-refractivity contribution in [1.29, 1.82) is 0 Å². The van der Waals surface area contributed by atoms with Crippen molar-refractivity contribution in [2.45, 2.75) is 20.0 Å². The number of aryl methyl sites for hydroxylation is 1. The number of fused-ring (bicyclic) bond motifs is 1. The molecule has 128 valence electrons. The van der Waals surface area contributed by atoms with E-state index in [9.17, 15) is 0 Å². The van der Waals surface area contributed by atoms with E-state index >= 15 is 0 Å². The zero-order valence-corrected chi connectivity index (χ0v) is 14.8. The van der Waals surface area contributed by atoms with Crippen LogP contribution in [-0.2, 0) is 13.1 Å². The quantitative estimate of drug-likeness (QED) is 0.539. The molecule has 2 aromatic heterocycles. The zero-order valence-electron chi connectivity index (χ0n) is 14.0. The second-order valence-corrected chi connectivity index (χ2v) is 6.01. The fraction of sp³-hybridized carbons (Fsp3) is 0.150. The molecule has 0 saturated carbocycles. The number of benzene rings is 2. The van der Waals surface area contributed by atoms with Gasteiger partial charge in [0.25, 0.3) is 0 Å². The van der Waals surface area contributed by atoms with Crippen LogP contribution in [0.25, 0.3) is 22.2 Å². The molecule has 0 aliphatic rings. The third-order valence-electron chi connectivity index (χ3n) is 4.17. The van der Waals surface area contributed by atoms with E-state index in [-0.39, 0.29) is 12.4 Å². The van der Waals surface area contributed by atoms with Crippen LogP contribution < -0.4 is 5.32 Å². The number of hydrogen-bond acceptors (Lipinski definition) is 3. The minimum atomic E-state index is 0. The Morgan fingerprint density at radius 1 is 1.04 bits per heavy atom. The van der Waals surface area contributed by atoms with Gasteiger partial charge in [-0.15, -0.1) is 12.4 Å². The largest absolute Gasteiger partial charge is 0.361 e. The Morgan fingerprint density at radius 3 is 2.72 bits per heavy atom. The number of hydrogen-bond donors (Lipinski definition) is 2. The number of aromatic amines is 1. The number of rotatable bonds is 5. The highest BCUT2D eigenvalue weighted by molar-refractivity contribution is 5.85. The zero-order chi connectivity index (χ0) is 16.4. The number of nitrogens with zero attached hydrogens (tertiary/aromatic N) is 1. The first kappa shape index (κ1) is 17.3. The summed E-state index contributed by atoms with van der Waals surface area (Å²) in [6, 6.07) is 18.5. The first-order valence-corrected chi connectivity index (χ1v) is 8.08. The Kier molecular flexibility index (Phi) is 5.22. The van der Waals surface area contributed by atoms with Gasteiger partial charge >= 0.3 is 0 Å². The van der Waals surface area contributed by atoms with Crippen LogP contribution in [0.4, 0.5) is 0 Å². The average Bonchev–Trinajstić information content (AvgIpc) is 3.23. The minimum Gasteiger partial charge on any atom is -0.361 e. The maximum atomic E-state index is 5.42. The lowest BCUT2D eigenvalue weighted by atomic mass is 10.1. The molecule has 0 radical (unpaired) electrons. The summed E-state index contributed by atoms with van der Waals surface area (Å²) in [6.45, 7) is 3.55. The first-order valence-electron chi connectivity index (χ1n) is 8.08. The van der Waals surface area contributed by atoms with Gasteiger partial charge in [0.15, 0.2) is 5.76 Å². The van der Waals surface area contributed by atoms with E-state index < -0.39 is 0 Å². The van der Waals surface area contributed by atoms with Crippen LogP contribution in [0, 0.1) is 6.92 Å². The standard InChI is InChI=1S/C20H19N3O.ClH/c1-14-7-8-19-18(9-14)16(12-22-19)11-21-13-17-10-20(23-24-17)15-5-3-2-4-6-15;/h2-10,12,21-22H,11,13H2,1H3;1H. The Balaban J connectivity index is 0.00000182. The third kappa shape index (κ3) is 3.76. The molecule has 2 N–H and O–H groups in total. The van der Waals surface area contributed by atoms with E-state index in [4.69, 9.17) is 4.52 Å². The van der Waals surface area contributed by atoms with Crippen LogP contribution >= 0.6 is 12.4 Å². The lowest BCUT2D eigenvalue weighted by molar-refractivity contribution is 0.374. The van der Waals surface area contributed by atoms with Crippen molar-refractivity contribution in [2.24, 2.45) is 0 Å². The van der Waals surface area contributed by atoms with Crippen molar-refractivity contribution in [1.82, 2.24) is 15.5 Å². The monoisotopic (exact) mass is 353 g/mol. The van der Waals surface area contributed by atoms with Gasteiger partial charge in [-0.25, -0.2) is 0 Å². The molecule has 0 fully saturated rings. The molecule has 4 nitrogen and oxygen atoms in total. The van der Waals surface area contributed by atoms with Crippen LogP contribution in [0.1, 0.15) is 16.9 Å². The van der Waals surface area contributed by atoms with Gasteiger partial charge < -0.3 is 14.8 Å². The van der Waals surface area contributed by atoms with Crippen LogP contribution in [-0.4, -0.2) is 10.1 Å². The number of aromatic nitrogens is 2. The summed E-state index contributed by atoms with van der Waals surface area (Å²) < 4.78 is 5.42. The second-order valence-electron chi connectivity index (χ2n) is 6.01. The Labute approximate surface area is 152 Å². The maximum Gasteiger partial charge on any atom is 0.151 e.